The van der Waals surface area contributed by atoms with Crippen molar-refractivity contribution in [3.63, 3.8) is 0 Å². The zero-order valence-corrected chi connectivity index (χ0v) is 7.40. The third-order valence-electron chi connectivity index (χ3n) is 3.47. The van der Waals surface area contributed by atoms with Crippen molar-refractivity contribution in [2.75, 3.05) is 6.54 Å². The number of hydrogen-bond acceptors (Lipinski definition) is 1. The van der Waals surface area contributed by atoms with Gasteiger partial charge in [-0.25, -0.2) is 0 Å². The molecule has 0 aromatic carbocycles. The van der Waals surface area contributed by atoms with E-state index in [1.54, 1.807) is 5.71 Å². The van der Waals surface area contributed by atoms with Crippen molar-refractivity contribution < 1.29 is 0 Å². The normalized spacial score (nSPS) is 36.6. The van der Waals surface area contributed by atoms with Crippen LogP contribution in [-0.4, -0.2) is 12.3 Å². The SMILES string of the molecule is CCC12CCCN=C1CCC2. The minimum atomic E-state index is 0.582. The maximum Gasteiger partial charge on any atom is 0.0389 e. The molecule has 2 rings (SSSR count). The molecule has 0 amide bonds. The summed E-state index contributed by atoms with van der Waals surface area (Å²) in [5.74, 6) is 0. The van der Waals surface area contributed by atoms with Crippen LogP contribution in [0.2, 0.25) is 0 Å². The van der Waals surface area contributed by atoms with E-state index in [9.17, 15) is 0 Å². The van der Waals surface area contributed by atoms with Crippen LogP contribution in [0.5, 0.6) is 0 Å². The van der Waals surface area contributed by atoms with Gasteiger partial charge in [-0.3, -0.25) is 4.99 Å². The van der Waals surface area contributed by atoms with Crippen molar-refractivity contribution in [3.8, 4) is 0 Å². The summed E-state index contributed by atoms with van der Waals surface area (Å²) >= 11 is 0. The fraction of sp³-hybridized carbons (Fsp3) is 0.900. The molecule has 0 radical (unpaired) electrons. The molecular formula is C10H17N. The van der Waals surface area contributed by atoms with Gasteiger partial charge in [-0.2, -0.15) is 0 Å². The van der Waals surface area contributed by atoms with E-state index in [0.717, 1.165) is 6.54 Å². The molecule has 1 heterocycles. The molecule has 1 heteroatoms. The summed E-state index contributed by atoms with van der Waals surface area (Å²) in [4.78, 5) is 4.65. The first kappa shape index (κ1) is 7.33. The summed E-state index contributed by atoms with van der Waals surface area (Å²) < 4.78 is 0. The lowest BCUT2D eigenvalue weighted by atomic mass is 9.76. The number of hydrogen-bond donors (Lipinski definition) is 0. The van der Waals surface area contributed by atoms with Crippen molar-refractivity contribution in [2.45, 2.75) is 45.4 Å². The molecule has 0 spiro atoms. The van der Waals surface area contributed by atoms with Crippen LogP contribution in [0.25, 0.3) is 0 Å². The molecule has 0 N–H and O–H groups in total. The third kappa shape index (κ3) is 1.02. The van der Waals surface area contributed by atoms with E-state index in [1.165, 1.54) is 38.5 Å². The molecule has 1 aliphatic heterocycles. The van der Waals surface area contributed by atoms with Crippen molar-refractivity contribution in [3.05, 3.63) is 0 Å². The highest BCUT2D eigenvalue weighted by atomic mass is 14.8. The van der Waals surface area contributed by atoms with Gasteiger partial charge in [-0.1, -0.05) is 6.92 Å². The van der Waals surface area contributed by atoms with Crippen molar-refractivity contribution >= 4 is 5.71 Å². The Hall–Kier alpha value is -0.330. The van der Waals surface area contributed by atoms with Gasteiger partial charge in [-0.05, 0) is 38.5 Å². The van der Waals surface area contributed by atoms with Gasteiger partial charge < -0.3 is 0 Å². The molecule has 0 saturated heterocycles. The summed E-state index contributed by atoms with van der Waals surface area (Å²) in [5.41, 5.74) is 2.14. The molecule has 1 saturated carbocycles. The van der Waals surface area contributed by atoms with Crippen LogP contribution in [0.15, 0.2) is 4.99 Å². The molecule has 0 aromatic heterocycles. The van der Waals surface area contributed by atoms with Crippen LogP contribution in [0.4, 0.5) is 0 Å². The minimum Gasteiger partial charge on any atom is -0.294 e. The van der Waals surface area contributed by atoms with Gasteiger partial charge in [0.05, 0.1) is 0 Å². The molecule has 0 aromatic rings. The number of aliphatic imine (C=N–C) groups is 1. The van der Waals surface area contributed by atoms with E-state index >= 15 is 0 Å². The van der Waals surface area contributed by atoms with Crippen LogP contribution in [-0.2, 0) is 0 Å². The monoisotopic (exact) mass is 151 g/mol. The van der Waals surface area contributed by atoms with Gasteiger partial charge in [0.1, 0.15) is 0 Å². The van der Waals surface area contributed by atoms with Crippen molar-refractivity contribution in [2.24, 2.45) is 10.4 Å². The number of nitrogens with zero attached hydrogens (tertiary/aromatic N) is 1. The zero-order chi connectivity index (χ0) is 7.73. The van der Waals surface area contributed by atoms with Crippen LogP contribution in [0.3, 0.4) is 0 Å². The van der Waals surface area contributed by atoms with E-state index in [0.29, 0.717) is 5.41 Å². The largest absolute Gasteiger partial charge is 0.294 e. The summed E-state index contributed by atoms with van der Waals surface area (Å²) in [6.07, 6.45) is 8.19. The van der Waals surface area contributed by atoms with E-state index in [-0.39, 0.29) is 0 Å². The molecule has 11 heavy (non-hydrogen) atoms. The van der Waals surface area contributed by atoms with Crippen LogP contribution in [0.1, 0.15) is 45.4 Å². The summed E-state index contributed by atoms with van der Waals surface area (Å²) in [7, 11) is 0. The molecular weight excluding hydrogens is 134 g/mol. The Morgan fingerprint density at radius 2 is 2.18 bits per heavy atom. The van der Waals surface area contributed by atoms with E-state index < -0.39 is 0 Å². The molecule has 0 bridgehead atoms. The average Bonchev–Trinajstić information content (AvgIpc) is 2.48. The second-order valence-electron chi connectivity index (χ2n) is 3.92. The van der Waals surface area contributed by atoms with Gasteiger partial charge in [0.25, 0.3) is 0 Å². The van der Waals surface area contributed by atoms with E-state index in [1.807, 2.05) is 0 Å². The average molecular weight is 151 g/mol. The molecule has 1 nitrogen and oxygen atoms in total. The Balaban J connectivity index is 2.27. The topological polar surface area (TPSA) is 12.4 Å². The molecule has 1 atom stereocenters. The summed E-state index contributed by atoms with van der Waals surface area (Å²) in [6.45, 7) is 3.43. The molecule has 1 unspecified atom stereocenters. The second kappa shape index (κ2) is 2.62. The lowest BCUT2D eigenvalue weighted by molar-refractivity contribution is 0.345. The van der Waals surface area contributed by atoms with Crippen LogP contribution < -0.4 is 0 Å². The first-order chi connectivity index (χ1) is 5.37. The maximum absolute atomic E-state index is 4.65. The first-order valence-electron chi connectivity index (χ1n) is 4.91. The van der Waals surface area contributed by atoms with Crippen LogP contribution in [0, 0.1) is 5.41 Å². The van der Waals surface area contributed by atoms with Gasteiger partial charge in [0.2, 0.25) is 0 Å². The molecule has 1 aliphatic carbocycles. The predicted octanol–water partition coefficient (Wildman–Crippen LogP) is 2.80. The Kier molecular flexibility index (Phi) is 1.74. The van der Waals surface area contributed by atoms with Gasteiger partial charge in [0.15, 0.2) is 0 Å². The van der Waals surface area contributed by atoms with E-state index in [4.69, 9.17) is 0 Å². The lowest BCUT2D eigenvalue weighted by Gasteiger charge is -2.31. The van der Waals surface area contributed by atoms with Crippen molar-refractivity contribution in [1.29, 1.82) is 0 Å². The summed E-state index contributed by atoms with van der Waals surface area (Å²) in [6, 6.07) is 0. The standard InChI is InChI=1S/C10H17N/c1-2-10-6-3-5-9(10)11-8-4-7-10/h2-8H2,1H3. The van der Waals surface area contributed by atoms with Gasteiger partial charge in [0, 0.05) is 17.7 Å². The van der Waals surface area contributed by atoms with Gasteiger partial charge in [-0.15, -0.1) is 0 Å². The first-order valence-corrected chi connectivity index (χ1v) is 4.91. The van der Waals surface area contributed by atoms with Crippen molar-refractivity contribution in [1.82, 2.24) is 0 Å². The van der Waals surface area contributed by atoms with E-state index in [2.05, 4.69) is 11.9 Å². The molecule has 2 aliphatic rings. The fourth-order valence-electron chi connectivity index (χ4n) is 2.71. The highest BCUT2D eigenvalue weighted by Crippen LogP contribution is 2.44. The Labute approximate surface area is 68.9 Å². The lowest BCUT2D eigenvalue weighted by Crippen LogP contribution is -2.28. The highest BCUT2D eigenvalue weighted by molar-refractivity contribution is 5.92. The molecule has 1 fully saturated rings. The zero-order valence-electron chi connectivity index (χ0n) is 7.40. The predicted molar refractivity (Wildman–Crippen MR) is 48.1 cm³/mol. The number of rotatable bonds is 1. The minimum absolute atomic E-state index is 0.582. The molecule has 62 valence electrons. The maximum atomic E-state index is 4.65. The Morgan fingerprint density at radius 3 is 2.91 bits per heavy atom. The smallest absolute Gasteiger partial charge is 0.0389 e. The second-order valence-corrected chi connectivity index (χ2v) is 3.92. The van der Waals surface area contributed by atoms with Crippen LogP contribution >= 0.6 is 0 Å². The Bertz CT molecular complexity index is 183. The summed E-state index contributed by atoms with van der Waals surface area (Å²) in [5, 5.41) is 0. The number of fused-ring (bicyclic) bond motifs is 1. The third-order valence-corrected chi connectivity index (χ3v) is 3.47. The fourth-order valence-corrected chi connectivity index (χ4v) is 2.71. The van der Waals surface area contributed by atoms with Gasteiger partial charge >= 0.3 is 0 Å². The quantitative estimate of drug-likeness (QED) is 0.546. The highest BCUT2D eigenvalue weighted by Gasteiger charge is 2.38. The Morgan fingerprint density at radius 1 is 1.36 bits per heavy atom.